The molecule has 0 aliphatic rings. The molecule has 2 nitrogen and oxygen atoms in total. The molecule has 2 heteroatoms. The first kappa shape index (κ1) is 9.65. The third-order valence-corrected chi connectivity index (χ3v) is 1.60. The molecule has 1 rings (SSSR count). The Labute approximate surface area is 79.0 Å². The minimum absolute atomic E-state index is 0.296. The van der Waals surface area contributed by atoms with Gasteiger partial charge in [-0.25, -0.2) is 0 Å². The lowest BCUT2D eigenvalue weighted by atomic mass is 10.2. The fourth-order valence-corrected chi connectivity index (χ4v) is 0.991. The van der Waals surface area contributed by atoms with Crippen molar-refractivity contribution in [2.45, 2.75) is 6.92 Å². The predicted octanol–water partition coefficient (Wildman–Crippen LogP) is 2.73. The molecule has 0 bridgehead atoms. The summed E-state index contributed by atoms with van der Waals surface area (Å²) in [5.41, 5.74) is 0.985. The monoisotopic (exact) mass is 174 g/mol. The smallest absolute Gasteiger partial charge is 0.0625 e. The van der Waals surface area contributed by atoms with Crippen LogP contribution in [-0.2, 0) is 0 Å². The van der Waals surface area contributed by atoms with Crippen molar-refractivity contribution in [2.24, 2.45) is 15.9 Å². The molecule has 0 radical (unpaired) electrons. The molecular weight excluding hydrogens is 160 g/mol. The molecule has 13 heavy (non-hydrogen) atoms. The number of aliphatic imine (C=N–C) groups is 2. The van der Waals surface area contributed by atoms with Gasteiger partial charge in [0.05, 0.1) is 5.69 Å². The van der Waals surface area contributed by atoms with E-state index in [4.69, 9.17) is 0 Å². The minimum atomic E-state index is 0.296. The van der Waals surface area contributed by atoms with Crippen LogP contribution in [0.3, 0.4) is 0 Å². The zero-order valence-electron chi connectivity index (χ0n) is 8.01. The van der Waals surface area contributed by atoms with Gasteiger partial charge < -0.3 is 4.99 Å². The van der Waals surface area contributed by atoms with E-state index >= 15 is 0 Å². The van der Waals surface area contributed by atoms with Crippen LogP contribution in [0.5, 0.6) is 0 Å². The molecule has 68 valence electrons. The first-order valence-electron chi connectivity index (χ1n) is 4.34. The SMILES string of the molecule is C/N=C\C(C)/C=N/c1ccccc1. The highest BCUT2D eigenvalue weighted by Gasteiger charge is 1.90. The van der Waals surface area contributed by atoms with Crippen molar-refractivity contribution >= 4 is 18.1 Å². The zero-order valence-corrected chi connectivity index (χ0v) is 8.01. The average molecular weight is 174 g/mol. The summed E-state index contributed by atoms with van der Waals surface area (Å²) in [6.45, 7) is 2.06. The summed E-state index contributed by atoms with van der Waals surface area (Å²) in [7, 11) is 1.77. The molecule has 1 aromatic carbocycles. The summed E-state index contributed by atoms with van der Waals surface area (Å²) < 4.78 is 0. The molecule has 0 aliphatic carbocycles. The van der Waals surface area contributed by atoms with Crippen LogP contribution in [0, 0.1) is 5.92 Å². The second kappa shape index (κ2) is 5.25. The van der Waals surface area contributed by atoms with E-state index in [1.165, 1.54) is 0 Å². The minimum Gasteiger partial charge on any atom is -0.300 e. The van der Waals surface area contributed by atoms with E-state index in [0.717, 1.165) is 5.69 Å². The first-order chi connectivity index (χ1) is 6.33. The van der Waals surface area contributed by atoms with Crippen molar-refractivity contribution in [3.05, 3.63) is 30.3 Å². The van der Waals surface area contributed by atoms with E-state index in [0.29, 0.717) is 5.92 Å². The predicted molar refractivity (Wildman–Crippen MR) is 58.2 cm³/mol. The van der Waals surface area contributed by atoms with Crippen LogP contribution >= 0.6 is 0 Å². The topological polar surface area (TPSA) is 24.7 Å². The number of benzene rings is 1. The van der Waals surface area contributed by atoms with Crippen molar-refractivity contribution in [3.8, 4) is 0 Å². The maximum absolute atomic E-state index is 4.31. The van der Waals surface area contributed by atoms with Gasteiger partial charge in [0.1, 0.15) is 0 Å². The lowest BCUT2D eigenvalue weighted by molar-refractivity contribution is 1.11. The highest BCUT2D eigenvalue weighted by atomic mass is 14.7. The first-order valence-corrected chi connectivity index (χ1v) is 4.34. The van der Waals surface area contributed by atoms with E-state index in [9.17, 15) is 0 Å². The van der Waals surface area contributed by atoms with Gasteiger partial charge in [-0.15, -0.1) is 0 Å². The van der Waals surface area contributed by atoms with Crippen molar-refractivity contribution in [2.75, 3.05) is 7.05 Å². The van der Waals surface area contributed by atoms with Crippen LogP contribution in [0.25, 0.3) is 0 Å². The highest BCUT2D eigenvalue weighted by Crippen LogP contribution is 2.08. The van der Waals surface area contributed by atoms with E-state index in [1.807, 2.05) is 42.8 Å². The summed E-state index contributed by atoms with van der Waals surface area (Å²) in [6, 6.07) is 9.89. The van der Waals surface area contributed by atoms with Gasteiger partial charge in [-0.05, 0) is 12.1 Å². The summed E-state index contributed by atoms with van der Waals surface area (Å²) in [5.74, 6) is 0.296. The Morgan fingerprint density at radius 1 is 1.15 bits per heavy atom. The van der Waals surface area contributed by atoms with Gasteiger partial charge in [0, 0.05) is 25.4 Å². The standard InChI is InChI=1S/C11H14N2/c1-10(8-12-2)9-13-11-6-4-3-5-7-11/h3-10H,1-2H3/b12-8-,13-9+. The molecule has 0 amide bonds. The van der Waals surface area contributed by atoms with Crippen molar-refractivity contribution in [3.63, 3.8) is 0 Å². The Kier molecular flexibility index (Phi) is 3.89. The number of para-hydroxylation sites is 1. The Balaban J connectivity index is 2.59. The third kappa shape index (κ3) is 3.65. The summed E-state index contributed by atoms with van der Waals surface area (Å²) in [5, 5.41) is 0. The number of rotatable bonds is 3. The molecule has 0 heterocycles. The van der Waals surface area contributed by atoms with Gasteiger partial charge in [-0.2, -0.15) is 0 Å². The van der Waals surface area contributed by atoms with Gasteiger partial charge in [0.25, 0.3) is 0 Å². The maximum atomic E-state index is 4.31. The van der Waals surface area contributed by atoms with Gasteiger partial charge >= 0.3 is 0 Å². The van der Waals surface area contributed by atoms with Crippen molar-refractivity contribution in [1.82, 2.24) is 0 Å². The van der Waals surface area contributed by atoms with Crippen LogP contribution in [0.4, 0.5) is 5.69 Å². The molecular formula is C11H14N2. The molecule has 0 fully saturated rings. The summed E-state index contributed by atoms with van der Waals surface area (Å²) in [6.07, 6.45) is 3.76. The molecule has 1 aromatic rings. The molecule has 0 saturated heterocycles. The largest absolute Gasteiger partial charge is 0.300 e. The van der Waals surface area contributed by atoms with Crippen molar-refractivity contribution < 1.29 is 0 Å². The highest BCUT2D eigenvalue weighted by molar-refractivity contribution is 5.84. The van der Waals surface area contributed by atoms with Crippen LogP contribution in [0.1, 0.15) is 6.92 Å². The molecule has 1 unspecified atom stereocenters. The van der Waals surface area contributed by atoms with E-state index in [-0.39, 0.29) is 0 Å². The van der Waals surface area contributed by atoms with E-state index in [1.54, 1.807) is 7.05 Å². The molecule has 0 saturated carbocycles. The normalized spacial score (nSPS) is 14.0. The Bertz CT molecular complexity index is 288. The molecule has 0 N–H and O–H groups in total. The van der Waals surface area contributed by atoms with Gasteiger partial charge in [0.2, 0.25) is 0 Å². The van der Waals surface area contributed by atoms with Gasteiger partial charge in [-0.1, -0.05) is 25.1 Å². The van der Waals surface area contributed by atoms with Gasteiger partial charge in [0.15, 0.2) is 0 Å². The number of hydrogen-bond acceptors (Lipinski definition) is 2. The van der Waals surface area contributed by atoms with E-state index < -0.39 is 0 Å². The van der Waals surface area contributed by atoms with Crippen LogP contribution in [-0.4, -0.2) is 19.5 Å². The quantitative estimate of drug-likeness (QED) is 0.629. The number of hydrogen-bond donors (Lipinski definition) is 0. The summed E-state index contributed by atoms with van der Waals surface area (Å²) >= 11 is 0. The zero-order chi connectivity index (χ0) is 9.52. The van der Waals surface area contributed by atoms with E-state index in [2.05, 4.69) is 16.9 Å². The van der Waals surface area contributed by atoms with Crippen LogP contribution in [0.2, 0.25) is 0 Å². The van der Waals surface area contributed by atoms with Crippen LogP contribution < -0.4 is 0 Å². The number of nitrogens with zero attached hydrogens (tertiary/aromatic N) is 2. The average Bonchev–Trinajstić information content (AvgIpc) is 2.17. The summed E-state index contributed by atoms with van der Waals surface area (Å²) in [4.78, 5) is 8.24. The fourth-order valence-electron chi connectivity index (χ4n) is 0.991. The molecule has 1 atom stereocenters. The molecule has 0 aromatic heterocycles. The molecule has 0 spiro atoms. The Morgan fingerprint density at radius 3 is 2.46 bits per heavy atom. The van der Waals surface area contributed by atoms with Crippen molar-refractivity contribution in [1.29, 1.82) is 0 Å². The van der Waals surface area contributed by atoms with Gasteiger partial charge in [-0.3, -0.25) is 4.99 Å². The third-order valence-electron chi connectivity index (χ3n) is 1.60. The van der Waals surface area contributed by atoms with Crippen LogP contribution in [0.15, 0.2) is 40.3 Å². The fraction of sp³-hybridized carbons (Fsp3) is 0.273. The Hall–Kier alpha value is -1.44. The lowest BCUT2D eigenvalue weighted by Gasteiger charge is -1.95. The second-order valence-electron chi connectivity index (χ2n) is 2.88. The Morgan fingerprint density at radius 2 is 1.85 bits per heavy atom. The maximum Gasteiger partial charge on any atom is 0.0625 e. The molecule has 0 aliphatic heterocycles. The lowest BCUT2D eigenvalue weighted by Crippen LogP contribution is -1.95. The second-order valence-corrected chi connectivity index (χ2v) is 2.88.